The van der Waals surface area contributed by atoms with E-state index in [4.69, 9.17) is 15.2 Å². The van der Waals surface area contributed by atoms with Gasteiger partial charge in [0.15, 0.2) is 0 Å². The molecule has 1 heterocycles. The second-order valence-electron chi connectivity index (χ2n) is 5.08. The number of aromatic hydroxyl groups is 1. The zero-order valence-electron chi connectivity index (χ0n) is 12.1. The summed E-state index contributed by atoms with van der Waals surface area (Å²) in [6.07, 6.45) is 1.63. The summed E-state index contributed by atoms with van der Waals surface area (Å²) in [5.41, 5.74) is 7.38. The van der Waals surface area contributed by atoms with E-state index in [0.717, 1.165) is 62.6 Å². The minimum Gasteiger partial charge on any atom is -0.507 e. The average molecular weight is 280 g/mol. The molecule has 20 heavy (non-hydrogen) atoms. The first-order valence-corrected chi connectivity index (χ1v) is 7.13. The van der Waals surface area contributed by atoms with E-state index in [-0.39, 0.29) is 0 Å². The molecule has 0 amide bonds. The van der Waals surface area contributed by atoms with Gasteiger partial charge in [-0.1, -0.05) is 0 Å². The molecule has 2 rings (SSSR count). The van der Waals surface area contributed by atoms with Crippen LogP contribution in [0.3, 0.4) is 0 Å². The second kappa shape index (κ2) is 7.47. The van der Waals surface area contributed by atoms with Crippen molar-refractivity contribution in [1.82, 2.24) is 4.90 Å². The number of nitrogens with two attached hydrogens (primary N) is 1. The van der Waals surface area contributed by atoms with Gasteiger partial charge in [-0.05, 0) is 37.1 Å². The van der Waals surface area contributed by atoms with Gasteiger partial charge in [0.25, 0.3) is 0 Å². The van der Waals surface area contributed by atoms with Gasteiger partial charge in [0.2, 0.25) is 0 Å². The molecule has 0 spiro atoms. The number of phenols is 1. The topological polar surface area (TPSA) is 68.0 Å². The van der Waals surface area contributed by atoms with E-state index >= 15 is 0 Å². The highest BCUT2D eigenvalue weighted by Crippen LogP contribution is 2.30. The molecule has 112 valence electrons. The van der Waals surface area contributed by atoms with Crippen LogP contribution in [0.1, 0.15) is 17.5 Å². The molecule has 1 aliphatic rings. The molecule has 1 aromatic carbocycles. The molecule has 1 aromatic rings. The molecular weight excluding hydrogens is 256 g/mol. The van der Waals surface area contributed by atoms with Crippen LogP contribution >= 0.6 is 0 Å². The SMILES string of the molecule is COc1cc(CCCN)c(O)c(CN2CCOCC2)c1. The maximum Gasteiger partial charge on any atom is 0.123 e. The fraction of sp³-hybridized carbons (Fsp3) is 0.600. The number of ether oxygens (including phenoxy) is 2. The maximum atomic E-state index is 10.4. The fourth-order valence-electron chi connectivity index (χ4n) is 2.45. The summed E-state index contributed by atoms with van der Waals surface area (Å²) in [5.74, 6) is 1.17. The first-order chi connectivity index (χ1) is 9.74. The zero-order valence-corrected chi connectivity index (χ0v) is 12.1. The molecule has 0 saturated carbocycles. The largest absolute Gasteiger partial charge is 0.507 e. The molecule has 3 N–H and O–H groups in total. The van der Waals surface area contributed by atoms with Crippen LogP contribution in [0.25, 0.3) is 0 Å². The third-order valence-corrected chi connectivity index (χ3v) is 3.62. The van der Waals surface area contributed by atoms with E-state index in [1.807, 2.05) is 12.1 Å². The summed E-state index contributed by atoms with van der Waals surface area (Å²) in [6.45, 7) is 4.65. The Morgan fingerprint density at radius 2 is 2.00 bits per heavy atom. The number of nitrogens with zero attached hydrogens (tertiary/aromatic N) is 1. The van der Waals surface area contributed by atoms with Crippen LogP contribution in [-0.2, 0) is 17.7 Å². The average Bonchev–Trinajstić information content (AvgIpc) is 2.49. The van der Waals surface area contributed by atoms with Crippen molar-refractivity contribution in [1.29, 1.82) is 0 Å². The minimum atomic E-state index is 0.380. The molecule has 0 radical (unpaired) electrons. The number of methoxy groups -OCH3 is 1. The molecule has 1 saturated heterocycles. The maximum absolute atomic E-state index is 10.4. The number of hydrogen-bond acceptors (Lipinski definition) is 5. The number of hydrogen-bond donors (Lipinski definition) is 2. The highest BCUT2D eigenvalue weighted by Gasteiger charge is 2.16. The first kappa shape index (κ1) is 15.1. The van der Waals surface area contributed by atoms with Crippen LogP contribution in [0.15, 0.2) is 12.1 Å². The molecule has 0 unspecified atom stereocenters. The van der Waals surface area contributed by atoms with Gasteiger partial charge in [-0.25, -0.2) is 0 Å². The standard InChI is InChI=1S/C15H24N2O3/c1-19-14-9-12(3-2-4-16)15(18)13(10-14)11-17-5-7-20-8-6-17/h9-10,18H,2-8,11,16H2,1H3. The van der Waals surface area contributed by atoms with E-state index in [9.17, 15) is 5.11 Å². The lowest BCUT2D eigenvalue weighted by molar-refractivity contribution is 0.0338. The minimum absolute atomic E-state index is 0.380. The van der Waals surface area contributed by atoms with Crippen LogP contribution in [0, 0.1) is 0 Å². The smallest absolute Gasteiger partial charge is 0.123 e. The molecule has 0 aromatic heterocycles. The summed E-state index contributed by atoms with van der Waals surface area (Å²) < 4.78 is 10.7. The van der Waals surface area contributed by atoms with Crippen molar-refractivity contribution in [3.8, 4) is 11.5 Å². The van der Waals surface area contributed by atoms with Gasteiger partial charge in [0.05, 0.1) is 20.3 Å². The Bertz CT molecular complexity index is 431. The van der Waals surface area contributed by atoms with Crippen LogP contribution in [0.4, 0.5) is 0 Å². The van der Waals surface area contributed by atoms with Crippen molar-refractivity contribution < 1.29 is 14.6 Å². The lowest BCUT2D eigenvalue weighted by atomic mass is 10.0. The monoisotopic (exact) mass is 280 g/mol. The third kappa shape index (κ3) is 3.85. The molecule has 1 fully saturated rings. The lowest BCUT2D eigenvalue weighted by Gasteiger charge is -2.27. The van der Waals surface area contributed by atoms with Crippen molar-refractivity contribution in [2.24, 2.45) is 5.73 Å². The van der Waals surface area contributed by atoms with Gasteiger partial charge in [0, 0.05) is 25.2 Å². The molecule has 0 atom stereocenters. The van der Waals surface area contributed by atoms with Crippen LogP contribution < -0.4 is 10.5 Å². The Labute approximate surface area is 120 Å². The van der Waals surface area contributed by atoms with E-state index in [1.54, 1.807) is 7.11 Å². The Kier molecular flexibility index (Phi) is 5.64. The summed E-state index contributed by atoms with van der Waals surface area (Å²) in [6, 6.07) is 3.81. The van der Waals surface area contributed by atoms with E-state index < -0.39 is 0 Å². The number of rotatable bonds is 6. The molecule has 1 aliphatic heterocycles. The number of aryl methyl sites for hydroxylation is 1. The Morgan fingerprint density at radius 1 is 1.30 bits per heavy atom. The van der Waals surface area contributed by atoms with Gasteiger partial charge >= 0.3 is 0 Å². The second-order valence-corrected chi connectivity index (χ2v) is 5.08. The Morgan fingerprint density at radius 3 is 2.65 bits per heavy atom. The highest BCUT2D eigenvalue weighted by molar-refractivity contribution is 5.46. The van der Waals surface area contributed by atoms with Gasteiger partial charge in [-0.15, -0.1) is 0 Å². The molecule has 0 bridgehead atoms. The van der Waals surface area contributed by atoms with Crippen molar-refractivity contribution in [2.75, 3.05) is 40.0 Å². The van der Waals surface area contributed by atoms with Crippen molar-refractivity contribution >= 4 is 0 Å². The van der Waals surface area contributed by atoms with Crippen molar-refractivity contribution in [3.63, 3.8) is 0 Å². The summed E-state index contributed by atoms with van der Waals surface area (Å²) in [7, 11) is 1.65. The predicted octanol–water partition coefficient (Wildman–Crippen LogP) is 1.12. The molecule has 5 nitrogen and oxygen atoms in total. The predicted molar refractivity (Wildman–Crippen MR) is 78.1 cm³/mol. The zero-order chi connectivity index (χ0) is 14.4. The highest BCUT2D eigenvalue weighted by atomic mass is 16.5. The Balaban J connectivity index is 2.16. The first-order valence-electron chi connectivity index (χ1n) is 7.13. The van der Waals surface area contributed by atoms with Gasteiger partial charge in [-0.3, -0.25) is 4.90 Å². The van der Waals surface area contributed by atoms with Crippen molar-refractivity contribution in [2.45, 2.75) is 19.4 Å². The molecule has 0 aliphatic carbocycles. The molecular formula is C15H24N2O3. The van der Waals surface area contributed by atoms with E-state index in [2.05, 4.69) is 4.90 Å². The summed E-state index contributed by atoms with van der Waals surface area (Å²) in [4.78, 5) is 2.28. The van der Waals surface area contributed by atoms with E-state index in [1.165, 1.54) is 0 Å². The number of benzene rings is 1. The van der Waals surface area contributed by atoms with Gasteiger partial charge in [-0.2, -0.15) is 0 Å². The summed E-state index contributed by atoms with van der Waals surface area (Å²) in [5, 5.41) is 10.4. The fourth-order valence-corrected chi connectivity index (χ4v) is 2.45. The number of morpholine rings is 1. The molecule has 5 heteroatoms. The third-order valence-electron chi connectivity index (χ3n) is 3.62. The number of phenolic OH excluding ortho intramolecular Hbond substituents is 1. The van der Waals surface area contributed by atoms with Crippen LogP contribution in [0.5, 0.6) is 11.5 Å². The lowest BCUT2D eigenvalue weighted by Crippen LogP contribution is -2.35. The van der Waals surface area contributed by atoms with Crippen molar-refractivity contribution in [3.05, 3.63) is 23.3 Å². The normalized spacial score (nSPS) is 16.3. The van der Waals surface area contributed by atoms with Crippen LogP contribution in [-0.4, -0.2) is 50.0 Å². The van der Waals surface area contributed by atoms with Crippen LogP contribution in [0.2, 0.25) is 0 Å². The van der Waals surface area contributed by atoms with Gasteiger partial charge < -0.3 is 20.3 Å². The van der Waals surface area contributed by atoms with E-state index in [0.29, 0.717) is 12.3 Å². The quantitative estimate of drug-likeness (QED) is 0.817. The summed E-state index contributed by atoms with van der Waals surface area (Å²) >= 11 is 0. The van der Waals surface area contributed by atoms with Gasteiger partial charge in [0.1, 0.15) is 11.5 Å². The Hall–Kier alpha value is -1.30.